The number of urea groups is 1. The summed E-state index contributed by atoms with van der Waals surface area (Å²) in [5, 5.41) is 2.56. The van der Waals surface area contributed by atoms with E-state index in [-0.39, 0.29) is 18.5 Å². The minimum Gasteiger partial charge on any atom is -0.337 e. The Morgan fingerprint density at radius 3 is 2.62 bits per heavy atom. The Kier molecular flexibility index (Phi) is 5.27. The second-order valence-electron chi connectivity index (χ2n) is 4.86. The van der Waals surface area contributed by atoms with Crippen LogP contribution in [-0.4, -0.2) is 17.6 Å². The fraction of sp³-hybridized carbons (Fsp3) is 0.125. The minimum absolute atomic E-state index is 0.0309. The van der Waals surface area contributed by atoms with Gasteiger partial charge in [-0.05, 0) is 30.7 Å². The van der Waals surface area contributed by atoms with Gasteiger partial charge in [-0.1, -0.05) is 18.2 Å². The van der Waals surface area contributed by atoms with Gasteiger partial charge in [-0.15, -0.1) is 11.3 Å². The molecule has 4 nitrogen and oxygen atoms in total. The van der Waals surface area contributed by atoms with Crippen molar-refractivity contribution >= 4 is 39.5 Å². The summed E-state index contributed by atoms with van der Waals surface area (Å²) >= 11 is 2.58. The molecule has 0 unspecified atom stereocenters. The van der Waals surface area contributed by atoms with Crippen molar-refractivity contribution in [2.24, 2.45) is 0 Å². The van der Waals surface area contributed by atoms with E-state index in [1.165, 1.54) is 29.5 Å². The Balaban J connectivity index is 1.47. The Hall–Kier alpha value is -2.19. The molecule has 0 fully saturated rings. The monoisotopic (exact) mass is 365 g/mol. The van der Waals surface area contributed by atoms with Gasteiger partial charge in [-0.2, -0.15) is 0 Å². The second kappa shape index (κ2) is 7.59. The molecule has 0 bridgehead atoms. The molecule has 0 radical (unpaired) electrons. The molecule has 0 spiro atoms. The number of amides is 2. The van der Waals surface area contributed by atoms with E-state index in [0.717, 1.165) is 22.2 Å². The lowest BCUT2D eigenvalue weighted by Gasteiger charge is -2.07. The molecule has 2 aromatic carbocycles. The molecule has 0 atom stereocenters. The fourth-order valence-electron chi connectivity index (χ4n) is 2.09. The zero-order valence-electron chi connectivity index (χ0n) is 12.4. The molecular weight excluding hydrogens is 352 g/mol. The van der Waals surface area contributed by atoms with E-state index in [1.807, 2.05) is 24.3 Å². The van der Waals surface area contributed by atoms with E-state index in [1.54, 1.807) is 0 Å². The lowest BCUT2D eigenvalue weighted by molar-refractivity contribution is 0.246. The molecule has 0 saturated heterocycles. The summed E-state index contributed by atoms with van der Waals surface area (Å²) in [5.74, 6) is -1.22. The highest BCUT2D eigenvalue weighted by molar-refractivity contribution is 7.99. The maximum Gasteiger partial charge on any atom is 0.325 e. The lowest BCUT2D eigenvalue weighted by Crippen LogP contribution is -2.33. The number of nitrogens with zero attached hydrogens (tertiary/aromatic N) is 1. The van der Waals surface area contributed by atoms with Crippen molar-refractivity contribution in [2.75, 3.05) is 6.54 Å². The first-order valence-electron chi connectivity index (χ1n) is 7.12. The van der Waals surface area contributed by atoms with Crippen LogP contribution in [-0.2, 0) is 6.42 Å². The highest BCUT2D eigenvalue weighted by atomic mass is 32.2. The van der Waals surface area contributed by atoms with Gasteiger partial charge in [-0.3, -0.25) is 4.72 Å². The Labute approximate surface area is 145 Å². The first-order valence-corrected chi connectivity index (χ1v) is 8.76. The van der Waals surface area contributed by atoms with Gasteiger partial charge >= 0.3 is 6.03 Å². The van der Waals surface area contributed by atoms with Gasteiger partial charge in [0.25, 0.3) is 0 Å². The summed E-state index contributed by atoms with van der Waals surface area (Å²) in [6.45, 7) is 0.129. The van der Waals surface area contributed by atoms with Crippen LogP contribution >= 0.6 is 23.3 Å². The molecule has 0 saturated carbocycles. The number of benzene rings is 2. The van der Waals surface area contributed by atoms with Crippen LogP contribution in [0.1, 0.15) is 5.56 Å². The molecule has 3 rings (SSSR count). The number of nitrogens with one attached hydrogen (secondary N) is 2. The van der Waals surface area contributed by atoms with Crippen LogP contribution in [0.25, 0.3) is 10.2 Å². The zero-order valence-corrected chi connectivity index (χ0v) is 14.0. The van der Waals surface area contributed by atoms with Crippen LogP contribution in [0.2, 0.25) is 0 Å². The Bertz CT molecular complexity index is 816. The number of para-hydroxylation sites is 1. The summed E-state index contributed by atoms with van der Waals surface area (Å²) in [5.41, 5.74) is 0.846. The topological polar surface area (TPSA) is 54.0 Å². The SMILES string of the molecule is O=C(NCCc1c(F)cccc1F)NSc1nc2ccccc2s1. The average molecular weight is 365 g/mol. The fourth-order valence-corrected chi connectivity index (χ4v) is 3.75. The van der Waals surface area contributed by atoms with Gasteiger partial charge in [0.15, 0.2) is 4.34 Å². The van der Waals surface area contributed by atoms with Crippen molar-refractivity contribution in [1.82, 2.24) is 15.0 Å². The quantitative estimate of drug-likeness (QED) is 0.669. The summed E-state index contributed by atoms with van der Waals surface area (Å²) in [7, 11) is 0. The third-order valence-corrected chi connectivity index (χ3v) is 5.11. The average Bonchev–Trinajstić information content (AvgIpc) is 2.98. The van der Waals surface area contributed by atoms with Crippen molar-refractivity contribution in [3.63, 3.8) is 0 Å². The number of carbonyl (C=O) groups is 1. The number of halogens is 2. The van der Waals surface area contributed by atoms with Crippen LogP contribution in [0.4, 0.5) is 13.6 Å². The molecule has 0 aliphatic heterocycles. The Morgan fingerprint density at radius 2 is 1.88 bits per heavy atom. The van der Waals surface area contributed by atoms with E-state index in [2.05, 4.69) is 15.0 Å². The maximum absolute atomic E-state index is 13.5. The number of aromatic nitrogens is 1. The van der Waals surface area contributed by atoms with Crippen molar-refractivity contribution in [2.45, 2.75) is 10.8 Å². The van der Waals surface area contributed by atoms with Crippen molar-refractivity contribution in [3.8, 4) is 0 Å². The molecule has 124 valence electrons. The first kappa shape index (κ1) is 16.7. The summed E-state index contributed by atoms with van der Waals surface area (Å²) < 4.78 is 31.3. The van der Waals surface area contributed by atoms with E-state index < -0.39 is 17.7 Å². The van der Waals surface area contributed by atoms with Gasteiger partial charge in [0.2, 0.25) is 0 Å². The molecule has 1 heterocycles. The van der Waals surface area contributed by atoms with Crippen molar-refractivity contribution < 1.29 is 13.6 Å². The number of carbonyl (C=O) groups excluding carboxylic acids is 1. The molecule has 3 aromatic rings. The van der Waals surface area contributed by atoms with Crippen LogP contribution in [0.3, 0.4) is 0 Å². The highest BCUT2D eigenvalue weighted by Crippen LogP contribution is 2.27. The van der Waals surface area contributed by atoms with Crippen molar-refractivity contribution in [3.05, 3.63) is 59.7 Å². The molecule has 0 aliphatic rings. The van der Waals surface area contributed by atoms with Gasteiger partial charge in [-0.25, -0.2) is 18.6 Å². The molecular formula is C16H13F2N3OS2. The summed E-state index contributed by atoms with van der Waals surface area (Å²) in [4.78, 5) is 16.1. The van der Waals surface area contributed by atoms with Crippen LogP contribution in [0, 0.1) is 11.6 Å². The van der Waals surface area contributed by atoms with E-state index in [4.69, 9.17) is 0 Å². The number of thiazole rings is 1. The standard InChI is InChI=1S/C16H13F2N3OS2/c17-11-4-3-5-12(18)10(11)8-9-19-15(22)21-24-16-20-13-6-1-2-7-14(13)23-16/h1-7H,8-9H2,(H2,19,21,22). The van der Waals surface area contributed by atoms with Crippen LogP contribution in [0.5, 0.6) is 0 Å². The normalized spacial score (nSPS) is 10.8. The van der Waals surface area contributed by atoms with E-state index in [0.29, 0.717) is 4.34 Å². The third kappa shape index (κ3) is 4.01. The van der Waals surface area contributed by atoms with Crippen LogP contribution < -0.4 is 10.0 Å². The van der Waals surface area contributed by atoms with E-state index in [9.17, 15) is 13.6 Å². The smallest absolute Gasteiger partial charge is 0.325 e. The first-order chi connectivity index (χ1) is 11.6. The number of rotatable bonds is 5. The van der Waals surface area contributed by atoms with Gasteiger partial charge < -0.3 is 5.32 Å². The van der Waals surface area contributed by atoms with Crippen molar-refractivity contribution in [1.29, 1.82) is 0 Å². The highest BCUT2D eigenvalue weighted by Gasteiger charge is 2.10. The van der Waals surface area contributed by atoms with Gasteiger partial charge in [0, 0.05) is 24.1 Å². The van der Waals surface area contributed by atoms with Gasteiger partial charge in [0.1, 0.15) is 11.6 Å². The van der Waals surface area contributed by atoms with E-state index >= 15 is 0 Å². The summed E-state index contributed by atoms with van der Waals surface area (Å²) in [6.07, 6.45) is 0.0811. The number of fused-ring (bicyclic) bond motifs is 1. The van der Waals surface area contributed by atoms with Crippen LogP contribution in [0.15, 0.2) is 46.8 Å². The maximum atomic E-state index is 13.5. The minimum atomic E-state index is -0.610. The van der Waals surface area contributed by atoms with Gasteiger partial charge in [0.05, 0.1) is 10.2 Å². The molecule has 2 N–H and O–H groups in total. The number of hydrogen-bond acceptors (Lipinski definition) is 4. The second-order valence-corrected chi connectivity index (χ2v) is 6.94. The summed E-state index contributed by atoms with van der Waals surface area (Å²) in [6, 6.07) is 11.0. The molecule has 8 heteroatoms. The molecule has 1 aromatic heterocycles. The molecule has 0 aliphatic carbocycles. The largest absolute Gasteiger partial charge is 0.337 e. The molecule has 2 amide bonds. The lowest BCUT2D eigenvalue weighted by atomic mass is 10.1. The Morgan fingerprint density at radius 1 is 1.12 bits per heavy atom. The number of hydrogen-bond donors (Lipinski definition) is 2. The predicted molar refractivity (Wildman–Crippen MR) is 92.1 cm³/mol. The zero-order chi connectivity index (χ0) is 16.9. The predicted octanol–water partition coefficient (Wildman–Crippen LogP) is 4.12. The molecule has 24 heavy (non-hydrogen) atoms. The third-order valence-electron chi connectivity index (χ3n) is 3.23.